The standard InChI is InChI=1S/C42H61N3O2/c1-4-7-10-13-16-19-32-45-43-41-39(35-22-26-37(27-23-35)46-33-20-17-14-11-8-5-2)30-31-40(42(41)44-45)36-24-28-38(29-25-36)47-34-21-18-15-12-9-6-3/h22-31H,4-21,32-34H2,1-3H3. The van der Waals surface area contributed by atoms with E-state index in [9.17, 15) is 0 Å². The third-order valence-electron chi connectivity index (χ3n) is 9.16. The molecule has 0 saturated heterocycles. The highest BCUT2D eigenvalue weighted by Gasteiger charge is 2.16. The molecule has 0 unspecified atom stereocenters. The largest absolute Gasteiger partial charge is 0.494 e. The quantitative estimate of drug-likeness (QED) is 0.0677. The van der Waals surface area contributed by atoms with Crippen LogP contribution in [0.4, 0.5) is 0 Å². The van der Waals surface area contributed by atoms with Crippen molar-refractivity contribution in [3.63, 3.8) is 0 Å². The Morgan fingerprint density at radius 3 is 1.19 bits per heavy atom. The first-order valence-electron chi connectivity index (χ1n) is 19.1. The molecule has 256 valence electrons. The number of aryl methyl sites for hydroxylation is 1. The van der Waals surface area contributed by atoms with Crippen molar-refractivity contribution >= 4 is 11.0 Å². The molecule has 47 heavy (non-hydrogen) atoms. The van der Waals surface area contributed by atoms with Crippen LogP contribution in [0.25, 0.3) is 33.3 Å². The lowest BCUT2D eigenvalue weighted by Gasteiger charge is -2.10. The Morgan fingerprint density at radius 1 is 0.426 bits per heavy atom. The summed E-state index contributed by atoms with van der Waals surface area (Å²) in [6.07, 6.45) is 22.8. The number of hydrogen-bond donors (Lipinski definition) is 0. The van der Waals surface area contributed by atoms with E-state index >= 15 is 0 Å². The van der Waals surface area contributed by atoms with Gasteiger partial charge in [0.25, 0.3) is 0 Å². The van der Waals surface area contributed by atoms with E-state index in [0.717, 1.165) is 83.8 Å². The zero-order valence-corrected chi connectivity index (χ0v) is 29.8. The molecule has 5 nitrogen and oxygen atoms in total. The number of unbranched alkanes of at least 4 members (excludes halogenated alkanes) is 15. The van der Waals surface area contributed by atoms with Gasteiger partial charge in [0.15, 0.2) is 0 Å². The van der Waals surface area contributed by atoms with Crippen molar-refractivity contribution in [2.24, 2.45) is 0 Å². The van der Waals surface area contributed by atoms with Crippen LogP contribution in [0.15, 0.2) is 60.7 Å². The predicted octanol–water partition coefficient (Wildman–Crippen LogP) is 12.6. The minimum absolute atomic E-state index is 0.778. The van der Waals surface area contributed by atoms with E-state index in [1.54, 1.807) is 0 Å². The smallest absolute Gasteiger partial charge is 0.121 e. The normalized spacial score (nSPS) is 11.4. The molecule has 4 aromatic rings. The first-order valence-corrected chi connectivity index (χ1v) is 19.1. The summed E-state index contributed by atoms with van der Waals surface area (Å²) < 4.78 is 12.1. The van der Waals surface area contributed by atoms with Gasteiger partial charge in [-0.3, -0.25) is 0 Å². The summed E-state index contributed by atoms with van der Waals surface area (Å²) in [5.74, 6) is 1.86. The number of benzene rings is 3. The second kappa shape index (κ2) is 21.5. The van der Waals surface area contributed by atoms with E-state index in [2.05, 4.69) is 81.4 Å². The van der Waals surface area contributed by atoms with Crippen LogP contribution in [0.1, 0.15) is 136 Å². The summed E-state index contributed by atoms with van der Waals surface area (Å²) in [5.41, 5.74) is 6.41. The second-order valence-corrected chi connectivity index (χ2v) is 13.2. The average Bonchev–Trinajstić information content (AvgIpc) is 3.53. The third-order valence-corrected chi connectivity index (χ3v) is 9.16. The zero-order valence-electron chi connectivity index (χ0n) is 29.8. The van der Waals surface area contributed by atoms with Gasteiger partial charge in [-0.2, -0.15) is 15.0 Å². The maximum absolute atomic E-state index is 6.07. The third kappa shape index (κ3) is 12.3. The summed E-state index contributed by atoms with van der Waals surface area (Å²) in [4.78, 5) is 1.92. The number of fused-ring (bicyclic) bond motifs is 1. The van der Waals surface area contributed by atoms with E-state index in [-0.39, 0.29) is 0 Å². The lowest BCUT2D eigenvalue weighted by Crippen LogP contribution is -2.02. The van der Waals surface area contributed by atoms with Gasteiger partial charge in [0.1, 0.15) is 22.5 Å². The topological polar surface area (TPSA) is 49.2 Å². The van der Waals surface area contributed by atoms with Crippen molar-refractivity contribution in [3.8, 4) is 33.8 Å². The molecule has 1 aromatic heterocycles. The van der Waals surface area contributed by atoms with Crippen molar-refractivity contribution in [2.75, 3.05) is 13.2 Å². The molecule has 0 spiro atoms. The summed E-state index contributed by atoms with van der Waals surface area (Å²) in [7, 11) is 0. The van der Waals surface area contributed by atoms with E-state index in [1.165, 1.54) is 96.3 Å². The Balaban J connectivity index is 1.44. The Bertz CT molecular complexity index is 1300. The fourth-order valence-electron chi connectivity index (χ4n) is 6.24. The van der Waals surface area contributed by atoms with Crippen LogP contribution in [0, 0.1) is 0 Å². The van der Waals surface area contributed by atoms with Gasteiger partial charge in [0, 0.05) is 11.1 Å². The number of hydrogen-bond acceptors (Lipinski definition) is 4. The monoisotopic (exact) mass is 639 g/mol. The molecule has 0 bridgehead atoms. The van der Waals surface area contributed by atoms with Gasteiger partial charge in [-0.1, -0.05) is 153 Å². The summed E-state index contributed by atoms with van der Waals surface area (Å²) >= 11 is 0. The summed E-state index contributed by atoms with van der Waals surface area (Å²) in [6, 6.07) is 21.4. The SMILES string of the molecule is CCCCCCCCOc1ccc(-c2ccc(-c3ccc(OCCCCCCCC)cc3)c3nn(CCCCCCCC)nc23)cc1. The van der Waals surface area contributed by atoms with E-state index in [0.29, 0.717) is 0 Å². The lowest BCUT2D eigenvalue weighted by molar-refractivity contribution is 0.304. The fourth-order valence-corrected chi connectivity index (χ4v) is 6.24. The fraction of sp³-hybridized carbons (Fsp3) is 0.571. The highest BCUT2D eigenvalue weighted by Crippen LogP contribution is 2.35. The van der Waals surface area contributed by atoms with Gasteiger partial charge < -0.3 is 9.47 Å². The molecule has 0 fully saturated rings. The minimum atomic E-state index is 0.778. The molecule has 0 amide bonds. The van der Waals surface area contributed by atoms with Crippen LogP contribution in [0.5, 0.6) is 11.5 Å². The Morgan fingerprint density at radius 2 is 0.787 bits per heavy atom. The molecule has 0 aliphatic rings. The van der Waals surface area contributed by atoms with Crippen LogP contribution in [-0.2, 0) is 6.54 Å². The van der Waals surface area contributed by atoms with Crippen LogP contribution in [0.2, 0.25) is 0 Å². The zero-order chi connectivity index (χ0) is 32.9. The molecule has 0 N–H and O–H groups in total. The van der Waals surface area contributed by atoms with Gasteiger partial charge in [-0.25, -0.2) is 0 Å². The first-order chi connectivity index (χ1) is 23.2. The molecule has 0 saturated carbocycles. The van der Waals surface area contributed by atoms with Crippen molar-refractivity contribution in [2.45, 2.75) is 143 Å². The maximum Gasteiger partial charge on any atom is 0.121 e. The van der Waals surface area contributed by atoms with Gasteiger partial charge in [-0.15, -0.1) is 0 Å². The molecule has 5 heteroatoms. The van der Waals surface area contributed by atoms with Gasteiger partial charge in [0.2, 0.25) is 0 Å². The number of ether oxygens (including phenoxy) is 2. The Labute approximate surface area is 285 Å². The van der Waals surface area contributed by atoms with Crippen LogP contribution in [-0.4, -0.2) is 28.2 Å². The van der Waals surface area contributed by atoms with Gasteiger partial charge >= 0.3 is 0 Å². The molecule has 0 aliphatic heterocycles. The Kier molecular flexibility index (Phi) is 16.7. The lowest BCUT2D eigenvalue weighted by atomic mass is 9.98. The van der Waals surface area contributed by atoms with Gasteiger partial charge in [0.05, 0.1) is 19.8 Å². The van der Waals surface area contributed by atoms with E-state index in [1.807, 2.05) is 4.80 Å². The van der Waals surface area contributed by atoms with Crippen molar-refractivity contribution < 1.29 is 9.47 Å². The molecule has 0 aliphatic carbocycles. The van der Waals surface area contributed by atoms with E-state index in [4.69, 9.17) is 19.7 Å². The van der Waals surface area contributed by atoms with Gasteiger partial charge in [-0.05, 0) is 54.7 Å². The van der Waals surface area contributed by atoms with E-state index < -0.39 is 0 Å². The van der Waals surface area contributed by atoms with Crippen LogP contribution < -0.4 is 9.47 Å². The number of nitrogens with zero attached hydrogens (tertiary/aromatic N) is 3. The minimum Gasteiger partial charge on any atom is -0.494 e. The van der Waals surface area contributed by atoms with Crippen molar-refractivity contribution in [1.29, 1.82) is 0 Å². The second-order valence-electron chi connectivity index (χ2n) is 13.2. The first kappa shape index (κ1) is 36.5. The molecule has 3 aromatic carbocycles. The number of aromatic nitrogens is 3. The van der Waals surface area contributed by atoms with Crippen LogP contribution >= 0.6 is 0 Å². The molecular weight excluding hydrogens is 578 g/mol. The van der Waals surface area contributed by atoms with Crippen molar-refractivity contribution in [1.82, 2.24) is 15.0 Å². The van der Waals surface area contributed by atoms with Crippen molar-refractivity contribution in [3.05, 3.63) is 60.7 Å². The Hall–Kier alpha value is -3.34. The molecular formula is C42H61N3O2. The highest BCUT2D eigenvalue weighted by molar-refractivity contribution is 6.00. The van der Waals surface area contributed by atoms with Crippen LogP contribution in [0.3, 0.4) is 0 Å². The molecule has 1 heterocycles. The average molecular weight is 640 g/mol. The number of rotatable bonds is 25. The molecule has 0 radical (unpaired) electrons. The molecule has 4 rings (SSSR count). The summed E-state index contributed by atoms with van der Waals surface area (Å²) in [5, 5.41) is 10.1. The molecule has 0 atom stereocenters. The maximum atomic E-state index is 6.07. The highest BCUT2D eigenvalue weighted by atomic mass is 16.5. The summed E-state index contributed by atoms with van der Waals surface area (Å²) in [6.45, 7) is 9.19. The predicted molar refractivity (Wildman–Crippen MR) is 200 cm³/mol.